The van der Waals surface area contributed by atoms with E-state index in [1.54, 1.807) is 41.1 Å². The molecule has 1 unspecified atom stereocenters. The van der Waals surface area contributed by atoms with E-state index >= 15 is 0 Å². The summed E-state index contributed by atoms with van der Waals surface area (Å²) in [5.74, 6) is -0.306. The van der Waals surface area contributed by atoms with Crippen molar-refractivity contribution in [3.8, 4) is 22.4 Å². The van der Waals surface area contributed by atoms with Crippen LogP contribution in [-0.4, -0.2) is 40.8 Å². The first-order chi connectivity index (χ1) is 15.5. The molecule has 0 N–H and O–H groups in total. The summed E-state index contributed by atoms with van der Waals surface area (Å²) in [6, 6.07) is 22.5. The van der Waals surface area contributed by atoms with Gasteiger partial charge in [-0.1, -0.05) is 59.8 Å². The average molecular weight is 449 g/mol. The molecule has 1 aliphatic heterocycles. The molecule has 1 aromatic heterocycles. The topological polar surface area (TPSA) is 68.1 Å². The van der Waals surface area contributed by atoms with Crippen molar-refractivity contribution in [2.45, 2.75) is 17.4 Å². The maximum Gasteiger partial charge on any atom is 0.243 e. The summed E-state index contributed by atoms with van der Waals surface area (Å²) in [6.07, 6.45) is 2.54. The van der Waals surface area contributed by atoms with Gasteiger partial charge in [0.15, 0.2) is 0 Å². The second-order valence-electron chi connectivity index (χ2n) is 7.79. The number of nitrogens with zero attached hydrogens (tertiary/aromatic N) is 4. The van der Waals surface area contributed by atoms with Gasteiger partial charge in [-0.05, 0) is 41.8 Å². The molecule has 1 fully saturated rings. The summed E-state index contributed by atoms with van der Waals surface area (Å²) in [6.45, 7) is 0.771. The minimum Gasteiger partial charge on any atom is -0.247 e. The number of hydrogen-bond acceptors (Lipinski definition) is 4. The van der Waals surface area contributed by atoms with Gasteiger partial charge in [0.1, 0.15) is 11.5 Å². The van der Waals surface area contributed by atoms with Crippen molar-refractivity contribution in [1.82, 2.24) is 19.3 Å². The van der Waals surface area contributed by atoms with E-state index in [1.165, 1.54) is 16.4 Å². The third-order valence-corrected chi connectivity index (χ3v) is 7.63. The molecule has 1 aliphatic rings. The van der Waals surface area contributed by atoms with Crippen LogP contribution in [-0.2, 0) is 10.0 Å². The second kappa shape index (κ2) is 8.29. The van der Waals surface area contributed by atoms with Gasteiger partial charge < -0.3 is 0 Å². The molecule has 32 heavy (non-hydrogen) atoms. The Labute approximate surface area is 186 Å². The Hall–Kier alpha value is -3.36. The molecule has 1 saturated heterocycles. The van der Waals surface area contributed by atoms with Gasteiger partial charge in [0, 0.05) is 18.7 Å². The standard InChI is InChI=1S/C24H21FN4O2S/c25-21-10-6-18(7-11-21)19-8-12-23(13-9-19)32(30,31)28-15-14-22(16-28)29-17-24(26-27-29)20-4-2-1-3-5-20/h1-13,17,22H,14-16H2. The Balaban J connectivity index is 1.31. The van der Waals surface area contributed by atoms with Crippen molar-refractivity contribution in [2.75, 3.05) is 13.1 Å². The fraction of sp³-hybridized carbons (Fsp3) is 0.167. The summed E-state index contributed by atoms with van der Waals surface area (Å²) in [5.41, 5.74) is 3.40. The highest BCUT2D eigenvalue weighted by molar-refractivity contribution is 7.89. The van der Waals surface area contributed by atoms with Crippen molar-refractivity contribution in [3.05, 3.63) is 90.9 Å². The zero-order chi connectivity index (χ0) is 22.1. The Morgan fingerprint density at radius 1 is 0.844 bits per heavy atom. The van der Waals surface area contributed by atoms with Gasteiger partial charge in [-0.15, -0.1) is 5.10 Å². The molecular weight excluding hydrogens is 427 g/mol. The smallest absolute Gasteiger partial charge is 0.243 e. The summed E-state index contributed by atoms with van der Waals surface area (Å²) in [7, 11) is -3.62. The average Bonchev–Trinajstić information content (AvgIpc) is 3.51. The molecule has 0 aliphatic carbocycles. The van der Waals surface area contributed by atoms with Crippen LogP contribution in [0, 0.1) is 5.82 Å². The van der Waals surface area contributed by atoms with Gasteiger partial charge in [-0.3, -0.25) is 0 Å². The molecule has 6 nitrogen and oxygen atoms in total. The molecule has 0 spiro atoms. The van der Waals surface area contributed by atoms with Crippen molar-refractivity contribution in [2.24, 2.45) is 0 Å². The highest BCUT2D eigenvalue weighted by Gasteiger charge is 2.34. The highest BCUT2D eigenvalue weighted by atomic mass is 32.2. The van der Waals surface area contributed by atoms with Crippen LogP contribution < -0.4 is 0 Å². The molecule has 4 aromatic rings. The van der Waals surface area contributed by atoms with Gasteiger partial charge in [0.2, 0.25) is 10.0 Å². The monoisotopic (exact) mass is 448 g/mol. The Bertz CT molecular complexity index is 1320. The van der Waals surface area contributed by atoms with Crippen molar-refractivity contribution < 1.29 is 12.8 Å². The normalized spacial score (nSPS) is 17.0. The van der Waals surface area contributed by atoms with Crippen LogP contribution in [0.2, 0.25) is 0 Å². The molecule has 1 atom stereocenters. The number of rotatable bonds is 5. The van der Waals surface area contributed by atoms with Gasteiger partial charge >= 0.3 is 0 Å². The summed E-state index contributed by atoms with van der Waals surface area (Å²) in [5, 5.41) is 8.48. The third kappa shape index (κ3) is 3.94. The molecule has 8 heteroatoms. The van der Waals surface area contributed by atoms with E-state index in [-0.39, 0.29) is 16.8 Å². The van der Waals surface area contributed by atoms with Gasteiger partial charge in [0.25, 0.3) is 0 Å². The Morgan fingerprint density at radius 2 is 1.50 bits per heavy atom. The molecule has 162 valence electrons. The molecule has 0 amide bonds. The molecule has 3 aromatic carbocycles. The van der Waals surface area contributed by atoms with E-state index < -0.39 is 10.0 Å². The maximum absolute atomic E-state index is 13.2. The van der Waals surface area contributed by atoms with E-state index in [2.05, 4.69) is 10.3 Å². The van der Waals surface area contributed by atoms with Gasteiger partial charge in [-0.2, -0.15) is 4.31 Å². The lowest BCUT2D eigenvalue weighted by molar-refractivity contribution is 0.428. The largest absolute Gasteiger partial charge is 0.247 e. The van der Waals surface area contributed by atoms with E-state index in [4.69, 9.17) is 0 Å². The highest BCUT2D eigenvalue weighted by Crippen LogP contribution is 2.29. The van der Waals surface area contributed by atoms with Gasteiger partial charge in [-0.25, -0.2) is 17.5 Å². The van der Waals surface area contributed by atoms with Crippen molar-refractivity contribution in [3.63, 3.8) is 0 Å². The fourth-order valence-electron chi connectivity index (χ4n) is 3.95. The van der Waals surface area contributed by atoms with Crippen molar-refractivity contribution >= 4 is 10.0 Å². The molecular formula is C24H21FN4O2S. The van der Waals surface area contributed by atoms with Crippen LogP contribution in [0.5, 0.6) is 0 Å². The van der Waals surface area contributed by atoms with Crippen LogP contribution in [0.3, 0.4) is 0 Å². The number of aromatic nitrogens is 3. The number of benzene rings is 3. The lowest BCUT2D eigenvalue weighted by atomic mass is 10.1. The lowest BCUT2D eigenvalue weighted by Gasteiger charge is -2.17. The molecule has 5 rings (SSSR count). The SMILES string of the molecule is O=S(=O)(c1ccc(-c2ccc(F)cc2)cc1)N1CCC(n2cc(-c3ccccc3)nn2)C1. The van der Waals surface area contributed by atoms with Crippen LogP contribution in [0.4, 0.5) is 4.39 Å². The first kappa shape index (κ1) is 20.5. The molecule has 0 bridgehead atoms. The predicted molar refractivity (Wildman–Crippen MR) is 120 cm³/mol. The lowest BCUT2D eigenvalue weighted by Crippen LogP contribution is -2.29. The van der Waals surface area contributed by atoms with E-state index in [0.717, 1.165) is 22.4 Å². The number of hydrogen-bond donors (Lipinski definition) is 0. The molecule has 2 heterocycles. The summed E-state index contributed by atoms with van der Waals surface area (Å²) < 4.78 is 42.7. The zero-order valence-electron chi connectivity index (χ0n) is 17.2. The number of halogens is 1. The van der Waals surface area contributed by atoms with E-state index in [9.17, 15) is 12.8 Å². The second-order valence-corrected chi connectivity index (χ2v) is 9.72. The van der Waals surface area contributed by atoms with Crippen LogP contribution in [0.25, 0.3) is 22.4 Å². The minimum atomic E-state index is -3.62. The summed E-state index contributed by atoms with van der Waals surface area (Å²) >= 11 is 0. The first-order valence-corrected chi connectivity index (χ1v) is 11.8. The maximum atomic E-state index is 13.2. The first-order valence-electron chi connectivity index (χ1n) is 10.3. The van der Waals surface area contributed by atoms with Crippen molar-refractivity contribution in [1.29, 1.82) is 0 Å². The minimum absolute atomic E-state index is 0.0618. The van der Waals surface area contributed by atoms with E-state index in [0.29, 0.717) is 19.5 Å². The van der Waals surface area contributed by atoms with Crippen LogP contribution >= 0.6 is 0 Å². The predicted octanol–water partition coefficient (Wildman–Crippen LogP) is 4.39. The molecule has 0 saturated carbocycles. The Kier molecular flexibility index (Phi) is 5.32. The fourth-order valence-corrected chi connectivity index (χ4v) is 5.44. The summed E-state index contributed by atoms with van der Waals surface area (Å²) in [4.78, 5) is 0.243. The zero-order valence-corrected chi connectivity index (χ0v) is 18.0. The quantitative estimate of drug-likeness (QED) is 0.454. The Morgan fingerprint density at radius 3 is 2.19 bits per heavy atom. The third-order valence-electron chi connectivity index (χ3n) is 5.75. The van der Waals surface area contributed by atoms with E-state index in [1.807, 2.05) is 36.5 Å². The van der Waals surface area contributed by atoms with Gasteiger partial charge in [0.05, 0.1) is 17.1 Å². The van der Waals surface area contributed by atoms with Crippen LogP contribution in [0.15, 0.2) is 90.0 Å². The number of sulfonamides is 1. The van der Waals surface area contributed by atoms with Crippen LogP contribution in [0.1, 0.15) is 12.5 Å². The molecule has 0 radical (unpaired) electrons.